The van der Waals surface area contributed by atoms with Crippen molar-refractivity contribution in [2.75, 3.05) is 6.54 Å². The Morgan fingerprint density at radius 3 is 2.62 bits per heavy atom. The average Bonchev–Trinajstić information content (AvgIpc) is 2.75. The standard InChI is InChI=1S/C14H19N3O4/c1-7-11(8(2)16-14(21)15-7)6-12(18)17-5-4-10(9(17)3)13(19)20/h9-10H,4-6H2,1-3H3,(H,19,20)(H,15,16,21). The average molecular weight is 293 g/mol. The molecule has 7 nitrogen and oxygen atoms in total. The fourth-order valence-corrected chi connectivity index (χ4v) is 2.89. The first-order chi connectivity index (χ1) is 9.81. The second-order valence-electron chi connectivity index (χ2n) is 5.47. The van der Waals surface area contributed by atoms with Crippen molar-refractivity contribution in [3.05, 3.63) is 27.4 Å². The molecule has 1 aromatic rings. The maximum Gasteiger partial charge on any atom is 0.345 e. The van der Waals surface area contributed by atoms with Crippen LogP contribution >= 0.6 is 0 Å². The van der Waals surface area contributed by atoms with Crippen LogP contribution in [0, 0.1) is 19.8 Å². The Morgan fingerprint density at radius 1 is 1.43 bits per heavy atom. The Hall–Kier alpha value is -2.18. The van der Waals surface area contributed by atoms with E-state index in [1.165, 1.54) is 0 Å². The minimum atomic E-state index is -0.865. The number of carboxylic acid groups (broad SMARTS) is 1. The van der Waals surface area contributed by atoms with Gasteiger partial charge in [0, 0.05) is 29.5 Å². The van der Waals surface area contributed by atoms with Crippen LogP contribution in [0.2, 0.25) is 0 Å². The SMILES string of the molecule is Cc1nc(=O)[nH]c(C)c1CC(=O)N1CCC(C(=O)O)C1C. The first-order valence-electron chi connectivity index (χ1n) is 6.90. The molecule has 0 spiro atoms. The fourth-order valence-electron chi connectivity index (χ4n) is 2.89. The largest absolute Gasteiger partial charge is 0.481 e. The van der Waals surface area contributed by atoms with Gasteiger partial charge in [-0.05, 0) is 27.2 Å². The predicted octanol–water partition coefficient (Wildman–Crippen LogP) is 0.251. The number of H-pyrrole nitrogens is 1. The molecule has 114 valence electrons. The Kier molecular flexibility index (Phi) is 4.11. The first kappa shape index (κ1) is 15.2. The number of amides is 1. The predicted molar refractivity (Wildman–Crippen MR) is 75.0 cm³/mol. The highest BCUT2D eigenvalue weighted by molar-refractivity contribution is 5.81. The number of hydrogen-bond donors (Lipinski definition) is 2. The minimum Gasteiger partial charge on any atom is -0.481 e. The molecular formula is C14H19N3O4. The lowest BCUT2D eigenvalue weighted by Crippen LogP contribution is -2.39. The monoisotopic (exact) mass is 293 g/mol. The summed E-state index contributed by atoms with van der Waals surface area (Å²) in [5.74, 6) is -1.51. The van der Waals surface area contributed by atoms with Crippen LogP contribution in [0.15, 0.2) is 4.79 Å². The van der Waals surface area contributed by atoms with Gasteiger partial charge in [-0.25, -0.2) is 4.79 Å². The molecule has 2 atom stereocenters. The smallest absolute Gasteiger partial charge is 0.345 e. The molecule has 0 saturated carbocycles. The summed E-state index contributed by atoms with van der Waals surface area (Å²) in [6, 6.07) is -0.314. The van der Waals surface area contributed by atoms with Gasteiger partial charge in [-0.3, -0.25) is 9.59 Å². The van der Waals surface area contributed by atoms with Gasteiger partial charge in [-0.1, -0.05) is 0 Å². The summed E-state index contributed by atoms with van der Waals surface area (Å²) in [6.45, 7) is 5.63. The topological polar surface area (TPSA) is 103 Å². The lowest BCUT2D eigenvalue weighted by atomic mass is 10.0. The maximum atomic E-state index is 12.4. The van der Waals surface area contributed by atoms with Crippen LogP contribution in [-0.2, 0) is 16.0 Å². The Morgan fingerprint density at radius 2 is 2.10 bits per heavy atom. The summed E-state index contributed by atoms with van der Waals surface area (Å²) in [7, 11) is 0. The van der Waals surface area contributed by atoms with Gasteiger partial charge < -0.3 is 15.0 Å². The van der Waals surface area contributed by atoms with E-state index < -0.39 is 17.6 Å². The molecule has 2 unspecified atom stereocenters. The van der Waals surface area contributed by atoms with E-state index in [4.69, 9.17) is 5.11 Å². The number of nitrogens with one attached hydrogen (secondary N) is 1. The normalized spacial score (nSPS) is 21.6. The summed E-state index contributed by atoms with van der Waals surface area (Å²) in [5.41, 5.74) is 1.43. The second kappa shape index (κ2) is 5.67. The second-order valence-corrected chi connectivity index (χ2v) is 5.47. The van der Waals surface area contributed by atoms with Crippen LogP contribution in [0.25, 0.3) is 0 Å². The third-order valence-electron chi connectivity index (χ3n) is 4.17. The number of rotatable bonds is 3. The highest BCUT2D eigenvalue weighted by atomic mass is 16.4. The highest BCUT2D eigenvalue weighted by Gasteiger charge is 2.38. The van der Waals surface area contributed by atoms with E-state index in [1.54, 1.807) is 25.7 Å². The van der Waals surface area contributed by atoms with E-state index in [0.717, 1.165) is 0 Å². The summed E-state index contributed by atoms with van der Waals surface area (Å²) in [6.07, 6.45) is 0.599. The summed E-state index contributed by atoms with van der Waals surface area (Å²) < 4.78 is 0. The number of aromatic nitrogens is 2. The van der Waals surface area contributed by atoms with Gasteiger partial charge in [-0.2, -0.15) is 4.98 Å². The van der Waals surface area contributed by atoms with Gasteiger partial charge in [0.1, 0.15) is 0 Å². The maximum absolute atomic E-state index is 12.4. The van der Waals surface area contributed by atoms with Gasteiger partial charge >= 0.3 is 11.7 Å². The summed E-state index contributed by atoms with van der Waals surface area (Å²) in [5, 5.41) is 9.10. The number of hydrogen-bond acceptors (Lipinski definition) is 4. The van der Waals surface area contributed by atoms with Gasteiger partial charge in [0.2, 0.25) is 5.91 Å². The molecule has 2 N–H and O–H groups in total. The van der Waals surface area contributed by atoms with Crippen molar-refractivity contribution in [2.24, 2.45) is 5.92 Å². The zero-order valence-electron chi connectivity index (χ0n) is 12.3. The van der Waals surface area contributed by atoms with Gasteiger partial charge in [0.15, 0.2) is 0 Å². The number of carbonyl (C=O) groups excluding carboxylic acids is 1. The Bertz CT molecular complexity index is 611. The van der Waals surface area contributed by atoms with Crippen molar-refractivity contribution >= 4 is 11.9 Å². The zero-order valence-corrected chi connectivity index (χ0v) is 12.3. The molecule has 2 rings (SSSR count). The molecule has 1 amide bonds. The third kappa shape index (κ3) is 2.96. The van der Waals surface area contributed by atoms with Crippen LogP contribution in [0.1, 0.15) is 30.3 Å². The number of aromatic amines is 1. The van der Waals surface area contributed by atoms with Crippen LogP contribution in [-0.4, -0.2) is 44.4 Å². The third-order valence-corrected chi connectivity index (χ3v) is 4.17. The van der Waals surface area contributed by atoms with Crippen LogP contribution in [0.5, 0.6) is 0 Å². The lowest BCUT2D eigenvalue weighted by molar-refractivity contribution is -0.143. The van der Waals surface area contributed by atoms with Crippen molar-refractivity contribution in [1.29, 1.82) is 0 Å². The molecule has 7 heteroatoms. The molecule has 0 aliphatic carbocycles. The molecule has 1 aromatic heterocycles. The number of nitrogens with zero attached hydrogens (tertiary/aromatic N) is 2. The zero-order chi connectivity index (χ0) is 15.7. The molecule has 0 radical (unpaired) electrons. The van der Waals surface area contributed by atoms with Gasteiger partial charge in [-0.15, -0.1) is 0 Å². The fraction of sp³-hybridized carbons (Fsp3) is 0.571. The molecule has 1 saturated heterocycles. The van der Waals surface area contributed by atoms with E-state index in [2.05, 4.69) is 9.97 Å². The van der Waals surface area contributed by atoms with E-state index in [1.807, 2.05) is 0 Å². The number of aryl methyl sites for hydroxylation is 2. The Balaban J connectivity index is 2.16. The minimum absolute atomic E-state index is 0.123. The molecular weight excluding hydrogens is 274 g/mol. The van der Waals surface area contributed by atoms with Crippen molar-refractivity contribution in [3.8, 4) is 0 Å². The molecule has 0 bridgehead atoms. The summed E-state index contributed by atoms with van der Waals surface area (Å²) >= 11 is 0. The van der Waals surface area contributed by atoms with E-state index in [0.29, 0.717) is 29.9 Å². The van der Waals surface area contributed by atoms with E-state index in [9.17, 15) is 14.4 Å². The molecule has 1 aliphatic heterocycles. The quantitative estimate of drug-likeness (QED) is 0.831. The Labute approximate surface area is 122 Å². The van der Waals surface area contributed by atoms with Crippen LogP contribution < -0.4 is 5.69 Å². The molecule has 1 aliphatic rings. The van der Waals surface area contributed by atoms with Crippen LogP contribution in [0.4, 0.5) is 0 Å². The molecule has 21 heavy (non-hydrogen) atoms. The van der Waals surface area contributed by atoms with Gasteiger partial charge in [0.05, 0.1) is 12.3 Å². The lowest BCUT2D eigenvalue weighted by Gasteiger charge is -2.23. The van der Waals surface area contributed by atoms with E-state index >= 15 is 0 Å². The molecule has 2 heterocycles. The first-order valence-corrected chi connectivity index (χ1v) is 6.90. The number of likely N-dealkylation sites (tertiary alicyclic amines) is 1. The van der Waals surface area contributed by atoms with Gasteiger partial charge in [0.25, 0.3) is 0 Å². The number of carbonyl (C=O) groups is 2. The van der Waals surface area contributed by atoms with Crippen molar-refractivity contribution in [3.63, 3.8) is 0 Å². The molecule has 1 fully saturated rings. The van der Waals surface area contributed by atoms with E-state index in [-0.39, 0.29) is 18.4 Å². The van der Waals surface area contributed by atoms with Crippen LogP contribution in [0.3, 0.4) is 0 Å². The van der Waals surface area contributed by atoms with Crippen molar-refractivity contribution in [1.82, 2.24) is 14.9 Å². The summed E-state index contributed by atoms with van der Waals surface area (Å²) in [4.78, 5) is 42.7. The van der Waals surface area contributed by atoms with Crippen molar-refractivity contribution in [2.45, 2.75) is 39.7 Å². The molecule has 0 aromatic carbocycles. The number of carboxylic acids is 1. The number of aliphatic carboxylic acids is 1. The highest BCUT2D eigenvalue weighted by Crippen LogP contribution is 2.25. The van der Waals surface area contributed by atoms with Crippen molar-refractivity contribution < 1.29 is 14.7 Å².